The minimum absolute atomic E-state index is 0. The third kappa shape index (κ3) is 5.33. The standard InChI is InChI=1S/C17H24N4S.2ClH/c1-13-3-5-14(6-4-13)19-16-20-15(10-22-16)9-21-8-7-17(2,11-18)12-21;;/h3-6,10H,7-9,11-12,18H2,1-2H3,(H,19,20);2*1H. The number of hydrogen-bond acceptors (Lipinski definition) is 5. The first-order chi connectivity index (χ1) is 10.6. The van der Waals surface area contributed by atoms with E-state index < -0.39 is 0 Å². The Balaban J connectivity index is 0.00000144. The van der Waals surface area contributed by atoms with Crippen molar-refractivity contribution in [1.82, 2.24) is 9.88 Å². The average molecular weight is 389 g/mol. The Kier molecular flexibility index (Phi) is 7.96. The Morgan fingerprint density at radius 1 is 1.29 bits per heavy atom. The van der Waals surface area contributed by atoms with E-state index in [0.717, 1.165) is 42.7 Å². The van der Waals surface area contributed by atoms with Crippen molar-refractivity contribution in [1.29, 1.82) is 0 Å². The van der Waals surface area contributed by atoms with Crippen LogP contribution in [0.1, 0.15) is 24.6 Å². The minimum atomic E-state index is 0. The molecule has 2 aromatic rings. The van der Waals surface area contributed by atoms with Crippen LogP contribution in [0.25, 0.3) is 0 Å². The number of aryl methyl sites for hydroxylation is 1. The zero-order valence-electron chi connectivity index (χ0n) is 14.1. The Bertz CT molecular complexity index is 632. The summed E-state index contributed by atoms with van der Waals surface area (Å²) in [4.78, 5) is 7.16. The average Bonchev–Trinajstić information content (AvgIpc) is 3.10. The third-order valence-electron chi connectivity index (χ3n) is 4.37. The fraction of sp³-hybridized carbons (Fsp3) is 0.471. The van der Waals surface area contributed by atoms with Gasteiger partial charge in [-0.25, -0.2) is 4.98 Å². The molecule has 134 valence electrons. The molecule has 1 aromatic carbocycles. The summed E-state index contributed by atoms with van der Waals surface area (Å²) in [5.74, 6) is 0. The normalized spacial score (nSPS) is 20.3. The molecule has 1 atom stereocenters. The maximum Gasteiger partial charge on any atom is 0.187 e. The number of thiazole rings is 1. The van der Waals surface area contributed by atoms with Gasteiger partial charge >= 0.3 is 0 Å². The second-order valence-corrected chi connectivity index (χ2v) is 7.47. The lowest BCUT2D eigenvalue weighted by molar-refractivity contribution is 0.272. The quantitative estimate of drug-likeness (QED) is 0.805. The Labute approximate surface area is 160 Å². The highest BCUT2D eigenvalue weighted by Crippen LogP contribution is 2.30. The highest BCUT2D eigenvalue weighted by molar-refractivity contribution is 7.13. The summed E-state index contributed by atoms with van der Waals surface area (Å²) in [7, 11) is 0. The molecular formula is C17H26Cl2N4S. The molecule has 3 rings (SSSR count). The van der Waals surface area contributed by atoms with Gasteiger partial charge in [-0.05, 0) is 44.0 Å². The van der Waals surface area contributed by atoms with Crippen LogP contribution in [-0.4, -0.2) is 29.5 Å². The van der Waals surface area contributed by atoms with Gasteiger partial charge in [-0.15, -0.1) is 36.2 Å². The molecule has 0 saturated carbocycles. The van der Waals surface area contributed by atoms with Crippen LogP contribution in [0, 0.1) is 12.3 Å². The molecule has 3 N–H and O–H groups in total. The third-order valence-corrected chi connectivity index (χ3v) is 5.18. The fourth-order valence-corrected chi connectivity index (χ4v) is 3.58. The lowest BCUT2D eigenvalue weighted by Gasteiger charge is -2.22. The molecule has 2 heterocycles. The van der Waals surface area contributed by atoms with Crippen LogP contribution in [0.15, 0.2) is 29.6 Å². The van der Waals surface area contributed by atoms with Crippen LogP contribution in [-0.2, 0) is 6.54 Å². The number of halogens is 2. The number of anilines is 2. The van der Waals surface area contributed by atoms with Gasteiger partial charge in [-0.2, -0.15) is 0 Å². The number of nitrogens with one attached hydrogen (secondary N) is 1. The first-order valence-electron chi connectivity index (χ1n) is 7.77. The SMILES string of the molecule is Cc1ccc(Nc2nc(CN3CCC(C)(CN)C3)cs2)cc1.Cl.Cl. The van der Waals surface area contributed by atoms with Crippen molar-refractivity contribution >= 4 is 47.0 Å². The highest BCUT2D eigenvalue weighted by atomic mass is 35.5. The van der Waals surface area contributed by atoms with Crippen LogP contribution in [0.4, 0.5) is 10.8 Å². The van der Waals surface area contributed by atoms with E-state index in [2.05, 4.69) is 53.7 Å². The molecule has 1 aliphatic heterocycles. The van der Waals surface area contributed by atoms with Gasteiger partial charge in [0, 0.05) is 24.2 Å². The monoisotopic (exact) mass is 388 g/mol. The van der Waals surface area contributed by atoms with Gasteiger partial charge in [0.05, 0.1) is 5.69 Å². The van der Waals surface area contributed by atoms with E-state index in [-0.39, 0.29) is 30.2 Å². The molecule has 24 heavy (non-hydrogen) atoms. The summed E-state index contributed by atoms with van der Waals surface area (Å²) in [6.45, 7) is 8.24. The molecule has 0 radical (unpaired) electrons. The maximum absolute atomic E-state index is 5.87. The second-order valence-electron chi connectivity index (χ2n) is 6.61. The zero-order valence-corrected chi connectivity index (χ0v) is 16.6. The molecule has 1 unspecified atom stereocenters. The molecule has 1 saturated heterocycles. The number of likely N-dealkylation sites (tertiary alicyclic amines) is 1. The van der Waals surface area contributed by atoms with Gasteiger partial charge in [0.25, 0.3) is 0 Å². The van der Waals surface area contributed by atoms with Gasteiger partial charge in [0.2, 0.25) is 0 Å². The Morgan fingerprint density at radius 3 is 2.62 bits per heavy atom. The minimum Gasteiger partial charge on any atom is -0.332 e. The molecule has 1 aromatic heterocycles. The fourth-order valence-electron chi connectivity index (χ4n) is 2.85. The van der Waals surface area contributed by atoms with E-state index in [1.165, 1.54) is 12.0 Å². The summed E-state index contributed by atoms with van der Waals surface area (Å²) in [6.07, 6.45) is 1.18. The lowest BCUT2D eigenvalue weighted by Crippen LogP contribution is -2.31. The second kappa shape index (κ2) is 9.02. The van der Waals surface area contributed by atoms with E-state index in [0.29, 0.717) is 0 Å². The number of aromatic nitrogens is 1. The van der Waals surface area contributed by atoms with Crippen molar-refractivity contribution in [3.8, 4) is 0 Å². The van der Waals surface area contributed by atoms with E-state index in [4.69, 9.17) is 10.7 Å². The molecule has 1 aliphatic rings. The van der Waals surface area contributed by atoms with Crippen LogP contribution >= 0.6 is 36.2 Å². The molecule has 1 fully saturated rings. The first kappa shape index (κ1) is 21.2. The van der Waals surface area contributed by atoms with Crippen LogP contribution in [0.5, 0.6) is 0 Å². The summed E-state index contributed by atoms with van der Waals surface area (Å²) in [5.41, 5.74) is 9.64. The van der Waals surface area contributed by atoms with Crippen molar-refractivity contribution in [2.45, 2.75) is 26.8 Å². The molecule has 0 bridgehead atoms. The number of nitrogens with two attached hydrogens (primary N) is 1. The van der Waals surface area contributed by atoms with Crippen LogP contribution in [0.3, 0.4) is 0 Å². The molecule has 7 heteroatoms. The molecule has 0 aliphatic carbocycles. The van der Waals surface area contributed by atoms with Crippen molar-refractivity contribution in [3.05, 3.63) is 40.9 Å². The highest BCUT2D eigenvalue weighted by Gasteiger charge is 2.32. The summed E-state index contributed by atoms with van der Waals surface area (Å²) in [6, 6.07) is 8.39. The van der Waals surface area contributed by atoms with Crippen LogP contribution in [0.2, 0.25) is 0 Å². The largest absolute Gasteiger partial charge is 0.332 e. The maximum atomic E-state index is 5.87. The number of rotatable bonds is 5. The van der Waals surface area contributed by atoms with Gasteiger partial charge in [-0.3, -0.25) is 4.90 Å². The lowest BCUT2D eigenvalue weighted by atomic mass is 9.90. The van der Waals surface area contributed by atoms with E-state index >= 15 is 0 Å². The van der Waals surface area contributed by atoms with Gasteiger partial charge in [0.15, 0.2) is 5.13 Å². The van der Waals surface area contributed by atoms with Crippen LogP contribution < -0.4 is 11.1 Å². The van der Waals surface area contributed by atoms with Gasteiger partial charge in [0.1, 0.15) is 0 Å². The first-order valence-corrected chi connectivity index (χ1v) is 8.65. The van der Waals surface area contributed by atoms with E-state index in [1.54, 1.807) is 11.3 Å². The Hall–Kier alpha value is -0.850. The number of nitrogens with zero attached hydrogens (tertiary/aromatic N) is 2. The van der Waals surface area contributed by atoms with Crippen molar-refractivity contribution < 1.29 is 0 Å². The molecular weight excluding hydrogens is 363 g/mol. The molecule has 4 nitrogen and oxygen atoms in total. The number of benzene rings is 1. The van der Waals surface area contributed by atoms with Gasteiger partial charge < -0.3 is 11.1 Å². The van der Waals surface area contributed by atoms with Gasteiger partial charge in [-0.1, -0.05) is 24.6 Å². The van der Waals surface area contributed by atoms with Crippen molar-refractivity contribution in [2.75, 3.05) is 25.0 Å². The van der Waals surface area contributed by atoms with Crippen molar-refractivity contribution in [3.63, 3.8) is 0 Å². The Morgan fingerprint density at radius 2 is 2.00 bits per heavy atom. The summed E-state index contributed by atoms with van der Waals surface area (Å²) >= 11 is 1.66. The predicted molar refractivity (Wildman–Crippen MR) is 108 cm³/mol. The van der Waals surface area contributed by atoms with E-state index in [9.17, 15) is 0 Å². The topological polar surface area (TPSA) is 54.2 Å². The molecule has 0 amide bonds. The number of hydrogen-bond donors (Lipinski definition) is 2. The summed E-state index contributed by atoms with van der Waals surface area (Å²) < 4.78 is 0. The predicted octanol–water partition coefficient (Wildman–Crippen LogP) is 4.21. The smallest absolute Gasteiger partial charge is 0.187 e. The molecule has 0 spiro atoms. The summed E-state index contributed by atoms with van der Waals surface area (Å²) in [5, 5.41) is 6.48. The van der Waals surface area contributed by atoms with E-state index in [1.807, 2.05) is 0 Å². The zero-order chi connectivity index (χ0) is 15.6. The van der Waals surface area contributed by atoms with Crippen molar-refractivity contribution in [2.24, 2.45) is 11.1 Å².